The zero-order chi connectivity index (χ0) is 15.2. The van der Waals surface area contributed by atoms with Crippen molar-refractivity contribution in [3.63, 3.8) is 0 Å². The Morgan fingerprint density at radius 1 is 1.26 bits per heavy atom. The Morgan fingerprint density at radius 3 is 2.11 bits per heavy atom. The van der Waals surface area contributed by atoms with E-state index in [-0.39, 0.29) is 11.4 Å². The third kappa shape index (κ3) is 6.99. The van der Waals surface area contributed by atoms with Crippen LogP contribution in [0.3, 0.4) is 0 Å². The van der Waals surface area contributed by atoms with Crippen LogP contribution in [0.15, 0.2) is 12.7 Å². The average molecular weight is 268 g/mol. The molecule has 4 heteroatoms. The lowest BCUT2D eigenvalue weighted by molar-refractivity contribution is -0.134. The lowest BCUT2D eigenvalue weighted by atomic mass is 9.81. The zero-order valence-corrected chi connectivity index (χ0v) is 12.8. The normalized spacial score (nSPS) is 14.8. The van der Waals surface area contributed by atoms with E-state index in [1.807, 2.05) is 34.6 Å². The predicted octanol–water partition coefficient (Wildman–Crippen LogP) is 2.24. The monoisotopic (exact) mass is 268 g/mol. The van der Waals surface area contributed by atoms with Crippen molar-refractivity contribution in [2.24, 2.45) is 23.5 Å². The lowest BCUT2D eigenvalue weighted by Crippen LogP contribution is -2.47. The molecule has 0 bridgehead atoms. The topological polar surface area (TPSA) is 72.2 Å². The Kier molecular flexibility index (Phi) is 6.81. The van der Waals surface area contributed by atoms with Crippen LogP contribution in [0.1, 0.15) is 47.5 Å². The second kappa shape index (κ2) is 7.31. The summed E-state index contributed by atoms with van der Waals surface area (Å²) in [5, 5.41) is 2.94. The molecular weight excluding hydrogens is 240 g/mol. The highest BCUT2D eigenvalue weighted by Gasteiger charge is 2.33. The quantitative estimate of drug-likeness (QED) is 0.695. The maximum absolute atomic E-state index is 12.4. The Labute approximate surface area is 116 Å². The van der Waals surface area contributed by atoms with Crippen LogP contribution in [-0.4, -0.2) is 17.4 Å². The van der Waals surface area contributed by atoms with E-state index < -0.39 is 17.7 Å². The van der Waals surface area contributed by atoms with E-state index in [9.17, 15) is 9.59 Å². The van der Waals surface area contributed by atoms with Gasteiger partial charge in [-0.1, -0.05) is 19.9 Å². The van der Waals surface area contributed by atoms with E-state index in [1.165, 1.54) is 0 Å². The van der Waals surface area contributed by atoms with Gasteiger partial charge in [0.25, 0.3) is 0 Å². The van der Waals surface area contributed by atoms with Gasteiger partial charge in [-0.3, -0.25) is 9.59 Å². The van der Waals surface area contributed by atoms with Crippen molar-refractivity contribution in [3.8, 4) is 0 Å². The van der Waals surface area contributed by atoms with Crippen molar-refractivity contribution in [1.29, 1.82) is 0 Å². The molecular formula is C15H28N2O2. The SMILES string of the molecule is C=CC[C@H](C(N)=O)C(CC(C)C)C(=O)NC(C)(C)C. The number of primary amides is 1. The summed E-state index contributed by atoms with van der Waals surface area (Å²) in [4.78, 5) is 23.9. The van der Waals surface area contributed by atoms with Gasteiger partial charge in [0.2, 0.25) is 11.8 Å². The van der Waals surface area contributed by atoms with Gasteiger partial charge in [-0.2, -0.15) is 0 Å². The van der Waals surface area contributed by atoms with Crippen molar-refractivity contribution >= 4 is 11.8 Å². The van der Waals surface area contributed by atoms with Gasteiger partial charge in [0.05, 0.1) is 11.8 Å². The van der Waals surface area contributed by atoms with Gasteiger partial charge >= 0.3 is 0 Å². The first-order valence-corrected chi connectivity index (χ1v) is 6.80. The molecule has 0 radical (unpaired) electrons. The number of nitrogens with two attached hydrogens (primary N) is 1. The van der Waals surface area contributed by atoms with Crippen LogP contribution in [0.25, 0.3) is 0 Å². The highest BCUT2D eigenvalue weighted by atomic mass is 16.2. The Hall–Kier alpha value is -1.32. The minimum Gasteiger partial charge on any atom is -0.369 e. The fraction of sp³-hybridized carbons (Fsp3) is 0.733. The molecule has 1 unspecified atom stereocenters. The third-order valence-electron chi connectivity index (χ3n) is 2.83. The lowest BCUT2D eigenvalue weighted by Gasteiger charge is -2.29. The number of hydrogen-bond acceptors (Lipinski definition) is 2. The molecule has 0 saturated heterocycles. The van der Waals surface area contributed by atoms with Crippen LogP contribution < -0.4 is 11.1 Å². The second-order valence-electron chi connectivity index (χ2n) is 6.51. The maximum atomic E-state index is 12.4. The van der Waals surface area contributed by atoms with Crippen LogP contribution in [0.2, 0.25) is 0 Å². The van der Waals surface area contributed by atoms with E-state index in [2.05, 4.69) is 11.9 Å². The Bertz CT molecular complexity index is 330. The number of carbonyl (C=O) groups is 2. The van der Waals surface area contributed by atoms with Crippen LogP contribution in [0.5, 0.6) is 0 Å². The summed E-state index contributed by atoms with van der Waals surface area (Å²) >= 11 is 0. The first-order chi connectivity index (χ1) is 8.58. The van der Waals surface area contributed by atoms with Crippen molar-refractivity contribution in [2.45, 2.75) is 53.0 Å². The highest BCUT2D eigenvalue weighted by Crippen LogP contribution is 2.25. The van der Waals surface area contributed by atoms with Crippen molar-refractivity contribution in [1.82, 2.24) is 5.32 Å². The first kappa shape index (κ1) is 17.7. The molecule has 0 fully saturated rings. The van der Waals surface area contributed by atoms with E-state index in [4.69, 9.17) is 5.73 Å². The van der Waals surface area contributed by atoms with E-state index in [1.54, 1.807) is 6.08 Å². The molecule has 0 aliphatic carbocycles. The number of rotatable bonds is 7. The first-order valence-electron chi connectivity index (χ1n) is 6.80. The van der Waals surface area contributed by atoms with Crippen LogP contribution >= 0.6 is 0 Å². The zero-order valence-electron chi connectivity index (χ0n) is 12.8. The number of carbonyl (C=O) groups excluding carboxylic acids is 2. The summed E-state index contributed by atoms with van der Waals surface area (Å²) in [6, 6.07) is 0. The van der Waals surface area contributed by atoms with E-state index >= 15 is 0 Å². The molecule has 2 atom stereocenters. The smallest absolute Gasteiger partial charge is 0.224 e. The molecule has 3 N–H and O–H groups in total. The van der Waals surface area contributed by atoms with E-state index in [0.717, 1.165) is 0 Å². The molecule has 2 amide bonds. The van der Waals surface area contributed by atoms with Gasteiger partial charge < -0.3 is 11.1 Å². The minimum absolute atomic E-state index is 0.105. The molecule has 19 heavy (non-hydrogen) atoms. The molecule has 0 saturated carbocycles. The number of allylic oxidation sites excluding steroid dienone is 1. The van der Waals surface area contributed by atoms with Crippen LogP contribution in [0, 0.1) is 17.8 Å². The summed E-state index contributed by atoms with van der Waals surface area (Å²) in [7, 11) is 0. The molecule has 0 aromatic heterocycles. The Balaban J connectivity index is 5.11. The van der Waals surface area contributed by atoms with Crippen molar-refractivity contribution < 1.29 is 9.59 Å². The van der Waals surface area contributed by atoms with Crippen molar-refractivity contribution in [3.05, 3.63) is 12.7 Å². The van der Waals surface area contributed by atoms with Gasteiger partial charge in [-0.05, 0) is 39.5 Å². The minimum atomic E-state index is -0.484. The van der Waals surface area contributed by atoms with Gasteiger partial charge in [0, 0.05) is 5.54 Å². The second-order valence-corrected chi connectivity index (χ2v) is 6.51. The maximum Gasteiger partial charge on any atom is 0.224 e. The molecule has 110 valence electrons. The molecule has 0 aromatic rings. The summed E-state index contributed by atoms with van der Waals surface area (Å²) in [5.74, 6) is -1.10. The van der Waals surface area contributed by atoms with Gasteiger partial charge in [-0.15, -0.1) is 6.58 Å². The molecule has 0 aliphatic rings. The summed E-state index contributed by atoms with van der Waals surface area (Å²) < 4.78 is 0. The van der Waals surface area contributed by atoms with Gasteiger partial charge in [-0.25, -0.2) is 0 Å². The predicted molar refractivity (Wildman–Crippen MR) is 78.3 cm³/mol. The number of hydrogen-bond donors (Lipinski definition) is 2. The fourth-order valence-electron chi connectivity index (χ4n) is 2.08. The number of nitrogens with one attached hydrogen (secondary N) is 1. The summed E-state index contributed by atoms with van der Waals surface area (Å²) in [6.45, 7) is 13.5. The largest absolute Gasteiger partial charge is 0.369 e. The fourth-order valence-corrected chi connectivity index (χ4v) is 2.08. The average Bonchev–Trinajstić information content (AvgIpc) is 2.19. The Morgan fingerprint density at radius 2 is 1.79 bits per heavy atom. The molecule has 0 heterocycles. The van der Waals surface area contributed by atoms with Gasteiger partial charge in [0.15, 0.2) is 0 Å². The summed E-state index contributed by atoms with van der Waals surface area (Å²) in [6.07, 6.45) is 2.72. The summed E-state index contributed by atoms with van der Waals surface area (Å²) in [5.41, 5.74) is 5.12. The molecule has 0 rings (SSSR count). The molecule has 0 aromatic carbocycles. The number of amides is 2. The van der Waals surface area contributed by atoms with Crippen LogP contribution in [-0.2, 0) is 9.59 Å². The molecule has 0 aliphatic heterocycles. The molecule has 0 spiro atoms. The van der Waals surface area contributed by atoms with E-state index in [0.29, 0.717) is 18.8 Å². The van der Waals surface area contributed by atoms with Crippen LogP contribution in [0.4, 0.5) is 0 Å². The highest BCUT2D eigenvalue weighted by molar-refractivity contribution is 5.87. The molecule has 4 nitrogen and oxygen atoms in total. The van der Waals surface area contributed by atoms with Crippen molar-refractivity contribution in [2.75, 3.05) is 0 Å². The standard InChI is InChI=1S/C15H28N2O2/c1-7-8-11(13(16)18)12(9-10(2)3)14(19)17-15(4,5)6/h7,10-12H,1,8-9H2,2-6H3,(H2,16,18)(H,17,19)/t11-,12?/m0/s1. The van der Waals surface area contributed by atoms with Gasteiger partial charge in [0.1, 0.15) is 0 Å². The third-order valence-corrected chi connectivity index (χ3v) is 2.83.